The molecule has 0 aromatic carbocycles. The molecule has 0 bridgehead atoms. The summed E-state index contributed by atoms with van der Waals surface area (Å²) in [5.74, 6) is 1.61. The summed E-state index contributed by atoms with van der Waals surface area (Å²) < 4.78 is 0. The molecule has 0 saturated heterocycles. The minimum Gasteiger partial charge on any atom is -0.356 e. The number of aromatic amines is 1. The number of carbonyl (C=O) groups is 1. The fourth-order valence-corrected chi connectivity index (χ4v) is 1.41. The summed E-state index contributed by atoms with van der Waals surface area (Å²) in [4.78, 5) is 18.3. The Balaban J connectivity index is 2.02. The molecule has 0 spiro atoms. The number of unbranched alkanes of at least 4 members (excludes halogenated alkanes) is 1. The normalized spacial score (nSPS) is 10.2. The number of H-pyrrole nitrogens is 1. The predicted molar refractivity (Wildman–Crippen MR) is 59.9 cm³/mol. The Morgan fingerprint density at radius 2 is 2.40 bits per heavy atom. The molecule has 2 N–H and O–H groups in total. The number of nitrogens with zero attached hydrogens (tertiary/aromatic N) is 1. The lowest BCUT2D eigenvalue weighted by molar-refractivity contribution is -0.121. The Kier molecular flexibility index (Phi) is 5.85. The molecule has 1 amide bonds. The summed E-state index contributed by atoms with van der Waals surface area (Å²) in [7, 11) is 0. The molecule has 1 aromatic heterocycles. The number of halogens is 1. The molecule has 0 aliphatic carbocycles. The molecular formula is C10H16ClN3O. The van der Waals surface area contributed by atoms with E-state index in [-0.39, 0.29) is 5.91 Å². The largest absolute Gasteiger partial charge is 0.356 e. The fourth-order valence-electron chi connectivity index (χ4n) is 1.22. The van der Waals surface area contributed by atoms with Gasteiger partial charge in [0.25, 0.3) is 0 Å². The van der Waals surface area contributed by atoms with E-state index in [0.717, 1.165) is 25.1 Å². The number of imidazole rings is 1. The van der Waals surface area contributed by atoms with Crippen LogP contribution in [-0.4, -0.2) is 28.3 Å². The molecule has 0 unspecified atom stereocenters. The van der Waals surface area contributed by atoms with Gasteiger partial charge in [0.05, 0.1) is 0 Å². The lowest BCUT2D eigenvalue weighted by Crippen LogP contribution is -2.25. The van der Waals surface area contributed by atoms with Crippen molar-refractivity contribution >= 4 is 17.5 Å². The SMILES string of the molecule is O=C(CCCCCl)NCCc1ncc[nH]1. The van der Waals surface area contributed by atoms with Crippen LogP contribution in [0.1, 0.15) is 25.1 Å². The van der Waals surface area contributed by atoms with E-state index in [0.29, 0.717) is 18.8 Å². The van der Waals surface area contributed by atoms with Crippen LogP contribution in [0.3, 0.4) is 0 Å². The summed E-state index contributed by atoms with van der Waals surface area (Å²) in [6.07, 6.45) is 6.54. The van der Waals surface area contributed by atoms with Crippen molar-refractivity contribution in [1.29, 1.82) is 0 Å². The molecule has 5 heteroatoms. The first-order chi connectivity index (χ1) is 7.33. The van der Waals surface area contributed by atoms with Gasteiger partial charge in [0.1, 0.15) is 5.82 Å². The molecule has 0 fully saturated rings. The number of alkyl halides is 1. The highest BCUT2D eigenvalue weighted by atomic mass is 35.5. The van der Waals surface area contributed by atoms with Crippen LogP contribution in [0.5, 0.6) is 0 Å². The number of hydrogen-bond acceptors (Lipinski definition) is 2. The average molecular weight is 230 g/mol. The van der Waals surface area contributed by atoms with Gasteiger partial charge < -0.3 is 10.3 Å². The van der Waals surface area contributed by atoms with Crippen LogP contribution in [0, 0.1) is 0 Å². The highest BCUT2D eigenvalue weighted by molar-refractivity contribution is 6.17. The maximum Gasteiger partial charge on any atom is 0.220 e. The Labute approximate surface area is 94.4 Å². The van der Waals surface area contributed by atoms with Gasteiger partial charge in [-0.05, 0) is 12.8 Å². The van der Waals surface area contributed by atoms with Crippen LogP contribution in [-0.2, 0) is 11.2 Å². The van der Waals surface area contributed by atoms with E-state index in [2.05, 4.69) is 15.3 Å². The van der Waals surface area contributed by atoms with E-state index in [4.69, 9.17) is 11.6 Å². The molecule has 1 rings (SSSR count). The minimum atomic E-state index is 0.0895. The van der Waals surface area contributed by atoms with Crippen LogP contribution < -0.4 is 5.32 Å². The Bertz CT molecular complexity index is 274. The molecule has 0 saturated carbocycles. The maximum absolute atomic E-state index is 11.3. The quantitative estimate of drug-likeness (QED) is 0.550. The third-order valence-electron chi connectivity index (χ3n) is 2.03. The molecule has 0 atom stereocenters. The highest BCUT2D eigenvalue weighted by Gasteiger charge is 2.00. The summed E-state index contributed by atoms with van der Waals surface area (Å²) in [5.41, 5.74) is 0. The van der Waals surface area contributed by atoms with Gasteiger partial charge in [-0.25, -0.2) is 4.98 Å². The summed E-state index contributed by atoms with van der Waals surface area (Å²) in [6, 6.07) is 0. The molecule has 84 valence electrons. The average Bonchev–Trinajstić information content (AvgIpc) is 2.71. The second-order valence-electron chi connectivity index (χ2n) is 3.28. The van der Waals surface area contributed by atoms with Crippen molar-refractivity contribution in [1.82, 2.24) is 15.3 Å². The molecule has 4 nitrogen and oxygen atoms in total. The van der Waals surface area contributed by atoms with E-state index in [1.54, 1.807) is 12.4 Å². The van der Waals surface area contributed by atoms with Crippen molar-refractivity contribution in [3.8, 4) is 0 Å². The molecule has 0 aliphatic rings. The van der Waals surface area contributed by atoms with E-state index in [9.17, 15) is 4.79 Å². The number of amides is 1. The second kappa shape index (κ2) is 7.29. The van der Waals surface area contributed by atoms with Gasteiger partial charge in [-0.1, -0.05) is 0 Å². The highest BCUT2D eigenvalue weighted by Crippen LogP contribution is 1.97. The van der Waals surface area contributed by atoms with Crippen LogP contribution in [0.2, 0.25) is 0 Å². The monoisotopic (exact) mass is 229 g/mol. The summed E-state index contributed by atoms with van der Waals surface area (Å²) >= 11 is 5.51. The van der Waals surface area contributed by atoms with E-state index in [1.165, 1.54) is 0 Å². The third-order valence-corrected chi connectivity index (χ3v) is 2.29. The van der Waals surface area contributed by atoms with Gasteiger partial charge in [-0.3, -0.25) is 4.79 Å². The van der Waals surface area contributed by atoms with E-state index in [1.807, 2.05) is 0 Å². The second-order valence-corrected chi connectivity index (χ2v) is 3.66. The van der Waals surface area contributed by atoms with Crippen molar-refractivity contribution in [3.63, 3.8) is 0 Å². The van der Waals surface area contributed by atoms with Crippen LogP contribution >= 0.6 is 11.6 Å². The van der Waals surface area contributed by atoms with Gasteiger partial charge in [-0.2, -0.15) is 0 Å². The summed E-state index contributed by atoms with van der Waals surface area (Å²) in [5, 5.41) is 2.84. The topological polar surface area (TPSA) is 57.8 Å². The number of carbonyl (C=O) groups excluding carboxylic acids is 1. The molecule has 1 aromatic rings. The number of nitrogens with one attached hydrogen (secondary N) is 2. The van der Waals surface area contributed by atoms with Crippen molar-refractivity contribution < 1.29 is 4.79 Å². The lowest BCUT2D eigenvalue weighted by atomic mass is 10.2. The maximum atomic E-state index is 11.3. The third kappa shape index (κ3) is 5.42. The number of hydrogen-bond donors (Lipinski definition) is 2. The zero-order chi connectivity index (χ0) is 10.9. The van der Waals surface area contributed by atoms with E-state index < -0.39 is 0 Å². The van der Waals surface area contributed by atoms with Gasteiger partial charge in [0.2, 0.25) is 5.91 Å². The number of aromatic nitrogens is 2. The summed E-state index contributed by atoms with van der Waals surface area (Å²) in [6.45, 7) is 0.632. The minimum absolute atomic E-state index is 0.0895. The van der Waals surface area contributed by atoms with Crippen molar-refractivity contribution in [2.75, 3.05) is 12.4 Å². The molecule has 15 heavy (non-hydrogen) atoms. The fraction of sp³-hybridized carbons (Fsp3) is 0.600. The molecule has 1 heterocycles. The molecule has 0 radical (unpaired) electrons. The van der Waals surface area contributed by atoms with Gasteiger partial charge in [-0.15, -0.1) is 11.6 Å². The first-order valence-electron chi connectivity index (χ1n) is 5.14. The van der Waals surface area contributed by atoms with Crippen LogP contribution in [0.25, 0.3) is 0 Å². The zero-order valence-corrected chi connectivity index (χ0v) is 9.39. The Morgan fingerprint density at radius 1 is 1.53 bits per heavy atom. The first kappa shape index (κ1) is 12.0. The Hall–Kier alpha value is -1.03. The van der Waals surface area contributed by atoms with Gasteiger partial charge in [0.15, 0.2) is 0 Å². The van der Waals surface area contributed by atoms with Crippen molar-refractivity contribution in [2.24, 2.45) is 0 Å². The predicted octanol–water partition coefficient (Wildman–Crippen LogP) is 1.48. The molecule has 0 aliphatic heterocycles. The first-order valence-corrected chi connectivity index (χ1v) is 5.67. The zero-order valence-electron chi connectivity index (χ0n) is 8.63. The Morgan fingerprint density at radius 3 is 3.07 bits per heavy atom. The van der Waals surface area contributed by atoms with Crippen molar-refractivity contribution in [3.05, 3.63) is 18.2 Å². The molecular weight excluding hydrogens is 214 g/mol. The number of rotatable bonds is 7. The standard InChI is InChI=1S/C10H16ClN3O/c11-5-2-1-3-10(15)14-6-4-9-12-7-8-13-9/h7-8H,1-6H2,(H,12,13)(H,14,15). The van der Waals surface area contributed by atoms with Gasteiger partial charge in [0, 0.05) is 37.7 Å². The van der Waals surface area contributed by atoms with E-state index >= 15 is 0 Å². The van der Waals surface area contributed by atoms with Crippen LogP contribution in [0.15, 0.2) is 12.4 Å². The lowest BCUT2D eigenvalue weighted by Gasteiger charge is -2.02. The smallest absolute Gasteiger partial charge is 0.220 e. The van der Waals surface area contributed by atoms with Crippen LogP contribution in [0.4, 0.5) is 0 Å². The van der Waals surface area contributed by atoms with Gasteiger partial charge >= 0.3 is 0 Å². The van der Waals surface area contributed by atoms with Crippen molar-refractivity contribution in [2.45, 2.75) is 25.7 Å².